The molecule has 2 saturated carbocycles. The Labute approximate surface area is 343 Å². The van der Waals surface area contributed by atoms with Crippen LogP contribution in [0.1, 0.15) is 80.1 Å². The zero-order valence-corrected chi connectivity index (χ0v) is 35.0. The summed E-state index contributed by atoms with van der Waals surface area (Å²) >= 11 is 0. The molecule has 0 bridgehead atoms. The van der Waals surface area contributed by atoms with Crippen LogP contribution in [-0.2, 0) is 22.6 Å². The average Bonchev–Trinajstić information content (AvgIpc) is 4.06. The highest BCUT2D eigenvalue weighted by Crippen LogP contribution is 2.48. The summed E-state index contributed by atoms with van der Waals surface area (Å²) < 4.78 is 24.0. The van der Waals surface area contributed by atoms with Crippen molar-refractivity contribution in [3.8, 4) is 11.5 Å². The van der Waals surface area contributed by atoms with E-state index in [1.54, 1.807) is 48.5 Å². The van der Waals surface area contributed by atoms with Crippen LogP contribution >= 0.6 is 0 Å². The lowest BCUT2D eigenvalue weighted by Crippen LogP contribution is -2.56. The highest BCUT2D eigenvalue weighted by molar-refractivity contribution is 5.90. The molecule has 4 fully saturated rings. The van der Waals surface area contributed by atoms with Gasteiger partial charge in [0.2, 0.25) is 0 Å². The predicted molar refractivity (Wildman–Crippen MR) is 222 cm³/mol. The van der Waals surface area contributed by atoms with Crippen LogP contribution in [0.25, 0.3) is 0 Å². The molecule has 7 rings (SSSR count). The van der Waals surface area contributed by atoms with Gasteiger partial charge in [-0.1, -0.05) is 41.5 Å². The largest absolute Gasteiger partial charge is 0.491 e. The van der Waals surface area contributed by atoms with Crippen molar-refractivity contribution in [3.05, 3.63) is 80.0 Å². The number of hydrogen-bond donors (Lipinski definition) is 5. The molecular formula is C43H59N7O9. The Hall–Kier alpha value is -5.09. The molecule has 2 aliphatic heterocycles. The van der Waals surface area contributed by atoms with E-state index in [1.807, 2.05) is 13.8 Å². The van der Waals surface area contributed by atoms with Gasteiger partial charge in [0.05, 0.1) is 13.2 Å². The topological polar surface area (TPSA) is 203 Å². The summed E-state index contributed by atoms with van der Waals surface area (Å²) in [6.45, 7) is 15.0. The van der Waals surface area contributed by atoms with Gasteiger partial charge in [-0.2, -0.15) is 0 Å². The molecule has 5 N–H and O–H groups in total. The molecule has 6 unspecified atom stereocenters. The second-order valence-corrected chi connectivity index (χ2v) is 19.5. The van der Waals surface area contributed by atoms with Gasteiger partial charge in [0.15, 0.2) is 0 Å². The number of benzene rings is 2. The van der Waals surface area contributed by atoms with E-state index in [0.29, 0.717) is 87.8 Å². The Balaban J connectivity index is 0.993. The first kappa shape index (κ1) is 42.0. The number of epoxide rings is 2. The number of rotatable bonds is 14. The number of carbonyl (C=O) groups is 2. The predicted octanol–water partition coefficient (Wildman–Crippen LogP) is 5.07. The van der Waals surface area contributed by atoms with Gasteiger partial charge in [0.1, 0.15) is 36.9 Å². The smallest absolute Gasteiger partial charge is 0.336 e. The van der Waals surface area contributed by atoms with Crippen molar-refractivity contribution in [1.29, 1.82) is 0 Å². The van der Waals surface area contributed by atoms with Gasteiger partial charge in [-0.3, -0.25) is 4.98 Å². The number of aromatic amines is 1. The number of ether oxygens (including phenoxy) is 4. The zero-order valence-electron chi connectivity index (χ0n) is 35.0. The summed E-state index contributed by atoms with van der Waals surface area (Å²) in [5.41, 5.74) is -2.55. The van der Waals surface area contributed by atoms with Gasteiger partial charge >= 0.3 is 29.1 Å². The van der Waals surface area contributed by atoms with Crippen LogP contribution in [0.4, 0.5) is 21.0 Å². The number of carbonyl (C=O) groups excluding carboxylic acids is 2. The summed E-state index contributed by atoms with van der Waals surface area (Å²) in [4.78, 5) is 69.7. The average molecular weight is 818 g/mol. The molecule has 1 aromatic heterocycles. The van der Waals surface area contributed by atoms with Crippen LogP contribution in [0.15, 0.2) is 62.9 Å². The third-order valence-electron chi connectivity index (χ3n) is 11.7. The highest BCUT2D eigenvalue weighted by Gasteiger charge is 2.44. The standard InChI is InChI=1S/C43H59N7O9/c1-40(2)15-29(46-35(51)44-27-7-11-31(12-8-27)56-19-33-21-58-33)17-42(5,23-40)25-49-37(53)48-38(54)50(39(49)55)26-43(6)18-30(16-41(3,4)24-43)47-36(52)45-28-9-13-32(14-10-28)57-20-34-22-59-34/h7-14,29-30,33-34H,15-26H2,1-6H3,(H2,44,46,51)(H2,45,47,52)(H,48,53,54). The number of nitrogens with zero attached hydrogens (tertiary/aromatic N) is 2. The van der Waals surface area contributed by atoms with Crippen LogP contribution in [-0.4, -0.2) is 76.9 Å². The molecule has 2 aromatic carbocycles. The van der Waals surface area contributed by atoms with Crippen molar-refractivity contribution < 1.29 is 28.5 Å². The van der Waals surface area contributed by atoms with Crippen LogP contribution in [0, 0.1) is 21.7 Å². The van der Waals surface area contributed by atoms with Crippen molar-refractivity contribution in [3.63, 3.8) is 0 Å². The first-order valence-corrected chi connectivity index (χ1v) is 20.6. The molecule has 3 aromatic rings. The van der Waals surface area contributed by atoms with Gasteiger partial charge in [-0.05, 0) is 109 Å². The number of aromatic nitrogens is 3. The van der Waals surface area contributed by atoms with Crippen molar-refractivity contribution >= 4 is 23.4 Å². The summed E-state index contributed by atoms with van der Waals surface area (Å²) in [5.74, 6) is 1.38. The molecular weight excluding hydrogens is 759 g/mol. The maximum atomic E-state index is 14.2. The van der Waals surface area contributed by atoms with Crippen molar-refractivity contribution in [1.82, 2.24) is 24.8 Å². The fourth-order valence-electron chi connectivity index (χ4n) is 9.98. The summed E-state index contributed by atoms with van der Waals surface area (Å²) in [6.07, 6.45) is 4.11. The molecule has 320 valence electrons. The molecule has 0 spiro atoms. The van der Waals surface area contributed by atoms with E-state index in [0.717, 1.165) is 9.13 Å². The quantitative estimate of drug-likeness (QED) is 0.138. The van der Waals surface area contributed by atoms with E-state index in [9.17, 15) is 24.0 Å². The van der Waals surface area contributed by atoms with E-state index in [1.165, 1.54) is 0 Å². The van der Waals surface area contributed by atoms with Crippen LogP contribution in [0.5, 0.6) is 11.5 Å². The molecule has 2 saturated heterocycles. The Morgan fingerprint density at radius 3 is 1.37 bits per heavy atom. The molecule has 0 radical (unpaired) electrons. The summed E-state index contributed by atoms with van der Waals surface area (Å²) in [7, 11) is 0. The lowest BCUT2D eigenvalue weighted by atomic mass is 9.62. The Bertz CT molecular complexity index is 2020. The lowest BCUT2D eigenvalue weighted by molar-refractivity contribution is 0.0518. The summed E-state index contributed by atoms with van der Waals surface area (Å²) in [6, 6.07) is 13.1. The van der Waals surface area contributed by atoms with Gasteiger partial charge in [-0.15, -0.1) is 0 Å². The van der Waals surface area contributed by atoms with Gasteiger partial charge in [0.25, 0.3) is 0 Å². The number of hydrogen-bond acceptors (Lipinski definition) is 9. The van der Waals surface area contributed by atoms with Crippen LogP contribution in [0.2, 0.25) is 0 Å². The van der Waals surface area contributed by atoms with Crippen LogP contribution in [0.3, 0.4) is 0 Å². The fraction of sp³-hybridized carbons (Fsp3) is 0.605. The second-order valence-electron chi connectivity index (χ2n) is 19.5. The molecule has 4 amide bonds. The SMILES string of the molecule is CC1(C)CC(NC(=O)Nc2ccc(OCC3CO3)cc2)CC(C)(Cn2c(=O)[nH]c(=O)n(CC3(C)CC(NC(=O)Nc4ccc(OCC5CO5)cc4)CC(C)(C)C3)c2=O)C1. The van der Waals surface area contributed by atoms with E-state index in [2.05, 4.69) is 53.9 Å². The number of nitrogens with one attached hydrogen (secondary N) is 5. The molecule has 16 heteroatoms. The van der Waals surface area contributed by atoms with Crippen molar-refractivity contribution in [2.75, 3.05) is 37.1 Å². The third-order valence-corrected chi connectivity index (χ3v) is 11.7. The second kappa shape index (κ2) is 16.5. The van der Waals surface area contributed by atoms with E-state index in [-0.39, 0.29) is 60.3 Å². The van der Waals surface area contributed by atoms with Crippen LogP contribution < -0.4 is 47.8 Å². The Kier molecular flexibility index (Phi) is 11.8. The Morgan fingerprint density at radius 1 is 0.644 bits per heavy atom. The van der Waals surface area contributed by atoms with E-state index >= 15 is 0 Å². The molecule has 59 heavy (non-hydrogen) atoms. The van der Waals surface area contributed by atoms with Crippen molar-refractivity contribution in [2.45, 2.75) is 117 Å². The number of urea groups is 2. The van der Waals surface area contributed by atoms with E-state index < -0.39 is 27.9 Å². The molecule has 3 heterocycles. The molecule has 2 aliphatic carbocycles. The first-order valence-electron chi connectivity index (χ1n) is 20.6. The minimum atomic E-state index is -0.762. The maximum absolute atomic E-state index is 14.2. The highest BCUT2D eigenvalue weighted by atomic mass is 16.6. The zero-order chi connectivity index (χ0) is 42.2. The minimum Gasteiger partial charge on any atom is -0.491 e. The van der Waals surface area contributed by atoms with Crippen molar-refractivity contribution in [2.24, 2.45) is 21.7 Å². The van der Waals surface area contributed by atoms with Gasteiger partial charge in [0, 0.05) is 36.5 Å². The molecule has 16 nitrogen and oxygen atoms in total. The monoisotopic (exact) mass is 817 g/mol. The first-order chi connectivity index (χ1) is 27.8. The summed E-state index contributed by atoms with van der Waals surface area (Å²) in [5, 5.41) is 12.0. The minimum absolute atomic E-state index is 0.0621. The maximum Gasteiger partial charge on any atom is 0.336 e. The third kappa shape index (κ3) is 11.6. The van der Waals surface area contributed by atoms with Gasteiger partial charge in [-0.25, -0.2) is 33.1 Å². The number of H-pyrrole nitrogens is 1. The molecule has 4 aliphatic rings. The normalized spacial score (nSPS) is 27.8. The lowest BCUT2D eigenvalue weighted by Gasteiger charge is -2.47. The molecule has 6 atom stereocenters. The number of anilines is 2. The number of amides is 4. The van der Waals surface area contributed by atoms with E-state index in [4.69, 9.17) is 18.9 Å². The fourth-order valence-corrected chi connectivity index (χ4v) is 9.98. The Morgan fingerprint density at radius 2 is 1.02 bits per heavy atom. The van der Waals surface area contributed by atoms with Gasteiger partial charge < -0.3 is 40.2 Å².